The number of carbonyl (C=O) groups is 2. The molecule has 1 rings (SSSR count). The molecule has 1 aliphatic rings. The van der Waals surface area contributed by atoms with Crippen molar-refractivity contribution in [3.63, 3.8) is 0 Å². The van der Waals surface area contributed by atoms with Crippen molar-refractivity contribution in [1.29, 1.82) is 0 Å². The zero-order valence-electron chi connectivity index (χ0n) is 11.0. The molecule has 6 heteroatoms. The zero-order chi connectivity index (χ0) is 13.5. The molecular weight excluding hydrogens is 236 g/mol. The number of ether oxygens (including phenoxy) is 1. The van der Waals surface area contributed by atoms with Crippen molar-refractivity contribution in [2.24, 2.45) is 5.92 Å². The van der Waals surface area contributed by atoms with Gasteiger partial charge < -0.3 is 20.1 Å². The standard InChI is InChI=1S/C12H22N2O4/c1-9(11(15)16)4-3-5-13-12(17)14-6-7-18-8-10(14)2/h9-10H,3-8H2,1-2H3,(H,13,17)(H,15,16). The molecule has 1 fully saturated rings. The second-order valence-electron chi connectivity index (χ2n) is 4.73. The van der Waals surface area contributed by atoms with Crippen molar-refractivity contribution in [2.75, 3.05) is 26.3 Å². The number of rotatable bonds is 5. The Labute approximate surface area is 107 Å². The third-order valence-corrected chi connectivity index (χ3v) is 3.14. The van der Waals surface area contributed by atoms with Crippen molar-refractivity contribution in [2.45, 2.75) is 32.7 Å². The topological polar surface area (TPSA) is 78.9 Å². The van der Waals surface area contributed by atoms with Crippen LogP contribution in [0.2, 0.25) is 0 Å². The van der Waals surface area contributed by atoms with E-state index in [9.17, 15) is 9.59 Å². The van der Waals surface area contributed by atoms with Crippen LogP contribution in [0.1, 0.15) is 26.7 Å². The molecule has 2 atom stereocenters. The predicted molar refractivity (Wildman–Crippen MR) is 66.4 cm³/mol. The molecule has 0 saturated carbocycles. The lowest BCUT2D eigenvalue weighted by molar-refractivity contribution is -0.141. The normalized spacial score (nSPS) is 21.4. The Morgan fingerprint density at radius 1 is 1.56 bits per heavy atom. The number of hydrogen-bond donors (Lipinski definition) is 2. The summed E-state index contributed by atoms with van der Waals surface area (Å²) < 4.78 is 5.26. The Hall–Kier alpha value is -1.30. The summed E-state index contributed by atoms with van der Waals surface area (Å²) in [7, 11) is 0. The number of amides is 2. The summed E-state index contributed by atoms with van der Waals surface area (Å²) in [6, 6.07) is 0.00507. The molecule has 1 aliphatic heterocycles. The molecule has 0 spiro atoms. The molecule has 104 valence electrons. The summed E-state index contributed by atoms with van der Waals surface area (Å²) >= 11 is 0. The van der Waals surface area contributed by atoms with Gasteiger partial charge in [-0.05, 0) is 19.8 Å². The van der Waals surface area contributed by atoms with Gasteiger partial charge in [0.1, 0.15) is 0 Å². The highest BCUT2D eigenvalue weighted by atomic mass is 16.5. The van der Waals surface area contributed by atoms with Crippen molar-refractivity contribution in [3.8, 4) is 0 Å². The van der Waals surface area contributed by atoms with Crippen LogP contribution >= 0.6 is 0 Å². The van der Waals surface area contributed by atoms with E-state index in [2.05, 4.69) is 5.32 Å². The van der Waals surface area contributed by atoms with Crippen LogP contribution < -0.4 is 5.32 Å². The summed E-state index contributed by atoms with van der Waals surface area (Å²) in [6.45, 7) is 5.90. The van der Waals surface area contributed by atoms with Crippen LogP contribution in [0.25, 0.3) is 0 Å². The highest BCUT2D eigenvalue weighted by Gasteiger charge is 2.23. The molecule has 6 nitrogen and oxygen atoms in total. The van der Waals surface area contributed by atoms with Gasteiger partial charge in [0.15, 0.2) is 0 Å². The smallest absolute Gasteiger partial charge is 0.317 e. The van der Waals surface area contributed by atoms with Gasteiger partial charge in [-0.15, -0.1) is 0 Å². The minimum Gasteiger partial charge on any atom is -0.481 e. The van der Waals surface area contributed by atoms with Crippen molar-refractivity contribution in [3.05, 3.63) is 0 Å². The summed E-state index contributed by atoms with van der Waals surface area (Å²) in [6.07, 6.45) is 1.26. The Bertz CT molecular complexity index is 296. The van der Waals surface area contributed by atoms with E-state index in [-0.39, 0.29) is 18.0 Å². The van der Waals surface area contributed by atoms with E-state index >= 15 is 0 Å². The fourth-order valence-electron chi connectivity index (χ4n) is 1.86. The first-order chi connectivity index (χ1) is 8.52. The fourth-order valence-corrected chi connectivity index (χ4v) is 1.86. The predicted octanol–water partition coefficient (Wildman–Crippen LogP) is 0.918. The summed E-state index contributed by atoms with van der Waals surface area (Å²) in [5, 5.41) is 11.5. The van der Waals surface area contributed by atoms with E-state index in [0.717, 1.165) is 0 Å². The number of morpholine rings is 1. The first-order valence-electron chi connectivity index (χ1n) is 6.37. The van der Waals surface area contributed by atoms with Gasteiger partial charge in [0.05, 0.1) is 25.2 Å². The van der Waals surface area contributed by atoms with Crippen LogP contribution in [0.3, 0.4) is 0 Å². The second kappa shape index (κ2) is 7.20. The van der Waals surface area contributed by atoms with Crippen LogP contribution in [0.4, 0.5) is 4.79 Å². The minimum atomic E-state index is -0.789. The largest absolute Gasteiger partial charge is 0.481 e. The van der Waals surface area contributed by atoms with Crippen molar-refractivity contribution in [1.82, 2.24) is 10.2 Å². The number of carboxylic acid groups (broad SMARTS) is 1. The van der Waals surface area contributed by atoms with E-state index in [1.807, 2.05) is 6.92 Å². The maximum atomic E-state index is 11.8. The molecule has 0 radical (unpaired) electrons. The van der Waals surface area contributed by atoms with Crippen LogP contribution in [0.15, 0.2) is 0 Å². The van der Waals surface area contributed by atoms with Gasteiger partial charge in [0.2, 0.25) is 0 Å². The van der Waals surface area contributed by atoms with E-state index < -0.39 is 5.97 Å². The number of nitrogens with one attached hydrogen (secondary N) is 1. The van der Waals surface area contributed by atoms with E-state index in [4.69, 9.17) is 9.84 Å². The SMILES string of the molecule is CC(CCCNC(=O)N1CCOCC1C)C(=O)O. The number of nitrogens with zero attached hydrogens (tertiary/aromatic N) is 1. The quantitative estimate of drug-likeness (QED) is 0.719. The third-order valence-electron chi connectivity index (χ3n) is 3.14. The summed E-state index contributed by atoms with van der Waals surface area (Å²) in [4.78, 5) is 24.2. The van der Waals surface area contributed by atoms with Gasteiger partial charge in [-0.3, -0.25) is 4.79 Å². The molecular formula is C12H22N2O4. The van der Waals surface area contributed by atoms with Crippen molar-refractivity contribution >= 4 is 12.0 Å². The van der Waals surface area contributed by atoms with Gasteiger partial charge in [0.25, 0.3) is 0 Å². The molecule has 2 amide bonds. The van der Waals surface area contributed by atoms with Crippen LogP contribution in [0, 0.1) is 5.92 Å². The number of carboxylic acids is 1. The van der Waals surface area contributed by atoms with E-state index in [1.165, 1.54) is 0 Å². The summed E-state index contributed by atoms with van der Waals surface area (Å²) in [5.41, 5.74) is 0. The molecule has 0 aliphatic carbocycles. The van der Waals surface area contributed by atoms with E-state index in [0.29, 0.717) is 39.1 Å². The highest BCUT2D eigenvalue weighted by molar-refractivity contribution is 5.74. The molecule has 0 bridgehead atoms. The molecule has 18 heavy (non-hydrogen) atoms. The number of hydrogen-bond acceptors (Lipinski definition) is 3. The maximum Gasteiger partial charge on any atom is 0.317 e. The average Bonchev–Trinajstić information content (AvgIpc) is 2.34. The number of aliphatic carboxylic acids is 1. The Kier molecular flexibility index (Phi) is 5.91. The second-order valence-corrected chi connectivity index (χ2v) is 4.73. The summed E-state index contributed by atoms with van der Waals surface area (Å²) in [5.74, 6) is -1.15. The monoisotopic (exact) mass is 258 g/mol. The Balaban J connectivity index is 2.18. The fraction of sp³-hybridized carbons (Fsp3) is 0.833. The Morgan fingerprint density at radius 2 is 2.28 bits per heavy atom. The highest BCUT2D eigenvalue weighted by Crippen LogP contribution is 2.07. The lowest BCUT2D eigenvalue weighted by Crippen LogP contribution is -2.51. The average molecular weight is 258 g/mol. The van der Waals surface area contributed by atoms with E-state index in [1.54, 1.807) is 11.8 Å². The lowest BCUT2D eigenvalue weighted by Gasteiger charge is -2.33. The number of urea groups is 1. The first-order valence-corrected chi connectivity index (χ1v) is 6.37. The number of carbonyl (C=O) groups excluding carboxylic acids is 1. The van der Waals surface area contributed by atoms with Crippen LogP contribution in [-0.4, -0.2) is 54.4 Å². The molecule has 1 heterocycles. The van der Waals surface area contributed by atoms with Crippen LogP contribution in [0.5, 0.6) is 0 Å². The molecule has 0 aromatic rings. The minimum absolute atomic E-state index is 0.0891. The molecule has 1 saturated heterocycles. The first kappa shape index (κ1) is 14.8. The van der Waals surface area contributed by atoms with Gasteiger partial charge >= 0.3 is 12.0 Å². The lowest BCUT2D eigenvalue weighted by atomic mass is 10.1. The van der Waals surface area contributed by atoms with Gasteiger partial charge in [0, 0.05) is 13.1 Å². The zero-order valence-corrected chi connectivity index (χ0v) is 11.0. The molecule has 2 unspecified atom stereocenters. The molecule has 0 aromatic heterocycles. The van der Waals surface area contributed by atoms with Gasteiger partial charge in [-0.1, -0.05) is 6.92 Å². The van der Waals surface area contributed by atoms with Gasteiger partial charge in [-0.2, -0.15) is 0 Å². The van der Waals surface area contributed by atoms with Gasteiger partial charge in [-0.25, -0.2) is 4.79 Å². The molecule has 2 N–H and O–H groups in total. The van der Waals surface area contributed by atoms with Crippen LogP contribution in [-0.2, 0) is 9.53 Å². The molecule has 0 aromatic carbocycles. The van der Waals surface area contributed by atoms with Crippen molar-refractivity contribution < 1.29 is 19.4 Å². The Morgan fingerprint density at radius 3 is 2.89 bits per heavy atom. The third kappa shape index (κ3) is 4.52. The maximum absolute atomic E-state index is 11.8.